The quantitative estimate of drug-likeness (QED) is 0.774. The number of ketones is 1. The first kappa shape index (κ1) is 16.2. The van der Waals surface area contributed by atoms with Crippen molar-refractivity contribution in [1.29, 1.82) is 0 Å². The van der Waals surface area contributed by atoms with Crippen molar-refractivity contribution in [2.75, 3.05) is 14.1 Å². The van der Waals surface area contributed by atoms with Crippen LogP contribution in [0.25, 0.3) is 0 Å². The third kappa shape index (κ3) is 3.20. The van der Waals surface area contributed by atoms with Crippen molar-refractivity contribution in [3.63, 3.8) is 0 Å². The van der Waals surface area contributed by atoms with Gasteiger partial charge in [0.1, 0.15) is 0 Å². The Balaban J connectivity index is 2.08. The van der Waals surface area contributed by atoms with Gasteiger partial charge in [0.2, 0.25) is 0 Å². The van der Waals surface area contributed by atoms with Gasteiger partial charge in [-0.15, -0.1) is 0 Å². The Labute approximate surface area is 128 Å². The zero-order valence-corrected chi connectivity index (χ0v) is 13.9. The van der Waals surface area contributed by atoms with E-state index >= 15 is 0 Å². The van der Waals surface area contributed by atoms with Gasteiger partial charge in [-0.05, 0) is 45.8 Å². The SMILES string of the molecule is CCC(CC)(C(=O)Cc1ccn(C2CCCC2)n1)N(C)C. The lowest BCUT2D eigenvalue weighted by Crippen LogP contribution is -2.51. The van der Waals surface area contributed by atoms with E-state index in [1.807, 2.05) is 26.4 Å². The molecule has 4 heteroatoms. The van der Waals surface area contributed by atoms with E-state index in [2.05, 4.69) is 28.5 Å². The molecule has 0 radical (unpaired) electrons. The molecule has 0 bridgehead atoms. The van der Waals surface area contributed by atoms with Gasteiger partial charge in [-0.3, -0.25) is 14.4 Å². The number of hydrogen-bond acceptors (Lipinski definition) is 3. The predicted octanol–water partition coefficient (Wildman–Crippen LogP) is 3.23. The van der Waals surface area contributed by atoms with Gasteiger partial charge in [-0.25, -0.2) is 0 Å². The van der Waals surface area contributed by atoms with Gasteiger partial charge in [0.05, 0.1) is 23.7 Å². The second-order valence-corrected chi connectivity index (χ2v) is 6.46. The molecule has 0 unspecified atom stereocenters. The Bertz CT molecular complexity index is 468. The number of rotatable bonds is 7. The molecule has 0 atom stereocenters. The van der Waals surface area contributed by atoms with E-state index in [1.165, 1.54) is 25.7 Å². The lowest BCUT2D eigenvalue weighted by Gasteiger charge is -2.36. The maximum atomic E-state index is 12.8. The van der Waals surface area contributed by atoms with Crippen LogP contribution in [-0.2, 0) is 11.2 Å². The summed E-state index contributed by atoms with van der Waals surface area (Å²) in [6.45, 7) is 4.19. The fourth-order valence-electron chi connectivity index (χ4n) is 3.70. The van der Waals surface area contributed by atoms with Gasteiger partial charge in [-0.2, -0.15) is 5.10 Å². The molecule has 1 aliphatic carbocycles. The minimum absolute atomic E-state index is 0.286. The molecule has 0 N–H and O–H groups in total. The van der Waals surface area contributed by atoms with Crippen LogP contribution in [-0.4, -0.2) is 40.1 Å². The number of likely N-dealkylation sites (N-methyl/N-ethyl adjacent to an activating group) is 1. The Kier molecular flexibility index (Phi) is 5.20. The molecule has 1 aliphatic rings. The summed E-state index contributed by atoms with van der Waals surface area (Å²) in [7, 11) is 4.00. The molecule has 0 spiro atoms. The van der Waals surface area contributed by atoms with Crippen LogP contribution in [0.15, 0.2) is 12.3 Å². The van der Waals surface area contributed by atoms with Crippen molar-refractivity contribution in [2.45, 2.75) is 70.4 Å². The molecule has 1 aromatic rings. The third-order valence-corrected chi connectivity index (χ3v) is 5.25. The predicted molar refractivity (Wildman–Crippen MR) is 85.4 cm³/mol. The highest BCUT2D eigenvalue weighted by Gasteiger charge is 2.36. The standard InChI is InChI=1S/C17H29N3O/c1-5-17(6-2,19(3)4)16(21)13-14-11-12-20(18-14)15-9-7-8-10-15/h11-12,15H,5-10,13H2,1-4H3. The number of hydrogen-bond donors (Lipinski definition) is 0. The van der Waals surface area contributed by atoms with E-state index in [4.69, 9.17) is 0 Å². The maximum Gasteiger partial charge on any atom is 0.159 e. The Morgan fingerprint density at radius 2 is 1.95 bits per heavy atom. The van der Waals surface area contributed by atoms with E-state index in [1.54, 1.807) is 0 Å². The summed E-state index contributed by atoms with van der Waals surface area (Å²) >= 11 is 0. The molecule has 2 rings (SSSR count). The molecule has 1 aromatic heterocycles. The van der Waals surface area contributed by atoms with Crippen molar-refractivity contribution in [3.8, 4) is 0 Å². The van der Waals surface area contributed by atoms with Crippen LogP contribution >= 0.6 is 0 Å². The van der Waals surface area contributed by atoms with E-state index < -0.39 is 0 Å². The average Bonchev–Trinajstić information content (AvgIpc) is 3.10. The van der Waals surface area contributed by atoms with E-state index in [0.717, 1.165) is 18.5 Å². The number of Topliss-reactive ketones (excluding diaryl/α,β-unsaturated/α-hetero) is 1. The first-order valence-electron chi connectivity index (χ1n) is 8.28. The van der Waals surface area contributed by atoms with E-state index in [9.17, 15) is 4.79 Å². The molecule has 0 aliphatic heterocycles. The second kappa shape index (κ2) is 6.73. The third-order valence-electron chi connectivity index (χ3n) is 5.25. The minimum atomic E-state index is -0.350. The molecule has 1 saturated carbocycles. The molecular formula is C17H29N3O. The van der Waals surface area contributed by atoms with Crippen LogP contribution in [0.3, 0.4) is 0 Å². The highest BCUT2D eigenvalue weighted by Crippen LogP contribution is 2.29. The van der Waals surface area contributed by atoms with Crippen molar-refractivity contribution in [2.24, 2.45) is 0 Å². The highest BCUT2D eigenvalue weighted by molar-refractivity contribution is 5.89. The van der Waals surface area contributed by atoms with Crippen molar-refractivity contribution in [1.82, 2.24) is 14.7 Å². The number of aromatic nitrogens is 2. The average molecular weight is 291 g/mol. The highest BCUT2D eigenvalue weighted by atomic mass is 16.1. The van der Waals surface area contributed by atoms with Crippen LogP contribution in [0.4, 0.5) is 0 Å². The van der Waals surface area contributed by atoms with Crippen molar-refractivity contribution in [3.05, 3.63) is 18.0 Å². The van der Waals surface area contributed by atoms with Crippen LogP contribution < -0.4 is 0 Å². The minimum Gasteiger partial charge on any atom is -0.297 e. The summed E-state index contributed by atoms with van der Waals surface area (Å²) < 4.78 is 2.07. The first-order valence-corrected chi connectivity index (χ1v) is 8.28. The normalized spacial score (nSPS) is 16.8. The fraction of sp³-hybridized carbons (Fsp3) is 0.765. The molecule has 0 amide bonds. The van der Waals surface area contributed by atoms with Crippen LogP contribution in [0, 0.1) is 0 Å². The van der Waals surface area contributed by atoms with E-state index in [0.29, 0.717) is 12.5 Å². The van der Waals surface area contributed by atoms with Gasteiger partial charge in [0.25, 0.3) is 0 Å². The summed E-state index contributed by atoms with van der Waals surface area (Å²) in [5.74, 6) is 0.286. The van der Waals surface area contributed by atoms with Crippen LogP contribution in [0.1, 0.15) is 64.1 Å². The molecule has 1 fully saturated rings. The zero-order valence-electron chi connectivity index (χ0n) is 13.9. The molecule has 4 nitrogen and oxygen atoms in total. The van der Waals surface area contributed by atoms with Gasteiger partial charge in [-0.1, -0.05) is 26.7 Å². The van der Waals surface area contributed by atoms with Crippen LogP contribution in [0.2, 0.25) is 0 Å². The van der Waals surface area contributed by atoms with Gasteiger partial charge >= 0.3 is 0 Å². The molecule has 118 valence electrons. The van der Waals surface area contributed by atoms with Crippen molar-refractivity contribution >= 4 is 5.78 Å². The Morgan fingerprint density at radius 1 is 1.33 bits per heavy atom. The molecular weight excluding hydrogens is 262 g/mol. The lowest BCUT2D eigenvalue weighted by atomic mass is 9.84. The molecule has 0 saturated heterocycles. The smallest absolute Gasteiger partial charge is 0.159 e. The largest absolute Gasteiger partial charge is 0.297 e. The summed E-state index contributed by atoms with van der Waals surface area (Å²) in [5.41, 5.74) is 0.567. The van der Waals surface area contributed by atoms with Gasteiger partial charge < -0.3 is 0 Å². The first-order chi connectivity index (χ1) is 10.0. The lowest BCUT2D eigenvalue weighted by molar-refractivity contribution is -0.129. The summed E-state index contributed by atoms with van der Waals surface area (Å²) in [6, 6.07) is 2.56. The number of carbonyl (C=O) groups is 1. The molecule has 0 aromatic carbocycles. The number of nitrogens with zero attached hydrogens (tertiary/aromatic N) is 3. The Morgan fingerprint density at radius 3 is 2.48 bits per heavy atom. The molecule has 21 heavy (non-hydrogen) atoms. The second-order valence-electron chi connectivity index (χ2n) is 6.46. The monoisotopic (exact) mass is 291 g/mol. The van der Waals surface area contributed by atoms with Crippen LogP contribution in [0.5, 0.6) is 0 Å². The van der Waals surface area contributed by atoms with Gasteiger partial charge in [0.15, 0.2) is 5.78 Å². The zero-order chi connectivity index (χ0) is 15.5. The van der Waals surface area contributed by atoms with Crippen molar-refractivity contribution < 1.29 is 4.79 Å². The fourth-order valence-corrected chi connectivity index (χ4v) is 3.70. The topological polar surface area (TPSA) is 38.1 Å². The van der Waals surface area contributed by atoms with Gasteiger partial charge in [0, 0.05) is 6.20 Å². The maximum absolute atomic E-state index is 12.8. The number of carbonyl (C=O) groups excluding carboxylic acids is 1. The molecule has 1 heterocycles. The Hall–Kier alpha value is -1.16. The summed E-state index contributed by atoms with van der Waals surface area (Å²) in [6.07, 6.45) is 9.23. The summed E-state index contributed by atoms with van der Waals surface area (Å²) in [4.78, 5) is 14.9. The van der Waals surface area contributed by atoms with E-state index in [-0.39, 0.29) is 11.3 Å². The summed E-state index contributed by atoms with van der Waals surface area (Å²) in [5, 5.41) is 4.65.